The molecule has 0 radical (unpaired) electrons. The molecule has 0 heterocycles. The van der Waals surface area contributed by atoms with Gasteiger partial charge in [0.1, 0.15) is 12.3 Å². The van der Waals surface area contributed by atoms with Crippen molar-refractivity contribution in [3.8, 4) is 5.75 Å². The molecule has 1 unspecified atom stereocenters. The molecule has 3 aromatic rings. The van der Waals surface area contributed by atoms with Gasteiger partial charge in [-0.3, -0.25) is 9.59 Å². The molecule has 0 saturated carbocycles. The highest BCUT2D eigenvalue weighted by atomic mass is 32.2. The largest absolute Gasteiger partial charge is 0.497 e. The predicted molar refractivity (Wildman–Crippen MR) is 123 cm³/mol. The number of esters is 1. The van der Waals surface area contributed by atoms with E-state index in [1.165, 1.54) is 19.2 Å². The number of rotatable bonds is 9. The Morgan fingerprint density at radius 1 is 0.939 bits per heavy atom. The molecule has 0 aromatic heterocycles. The van der Waals surface area contributed by atoms with Gasteiger partial charge in [-0.05, 0) is 31.2 Å². The van der Waals surface area contributed by atoms with Gasteiger partial charge in [-0.15, -0.1) is 0 Å². The summed E-state index contributed by atoms with van der Waals surface area (Å²) >= 11 is 0. The van der Waals surface area contributed by atoms with Gasteiger partial charge < -0.3 is 14.8 Å². The zero-order valence-electron chi connectivity index (χ0n) is 18.1. The number of carbonyl (C=O) groups is 2. The maximum Gasteiger partial charge on any atom is 0.322 e. The summed E-state index contributed by atoms with van der Waals surface area (Å²) < 4.78 is 37.6. The van der Waals surface area contributed by atoms with Crippen molar-refractivity contribution in [1.82, 2.24) is 4.72 Å². The highest BCUT2D eigenvalue weighted by molar-refractivity contribution is 7.89. The molecule has 1 atom stereocenters. The molecule has 8 nitrogen and oxygen atoms in total. The standard InChI is InChI=1S/C24H24N2O6S/c1-17-11-13-21(14-12-17)33(29,30)25-16-22(27)32-23(18-7-4-3-5-8-18)24(28)26-19-9-6-10-20(15-19)31-2/h3-15,23,25H,16H2,1-2H3,(H,26,28). The van der Waals surface area contributed by atoms with Gasteiger partial charge >= 0.3 is 5.97 Å². The van der Waals surface area contributed by atoms with Crippen molar-refractivity contribution < 1.29 is 27.5 Å². The maximum atomic E-state index is 12.9. The lowest BCUT2D eigenvalue weighted by Crippen LogP contribution is -2.33. The Balaban J connectivity index is 1.71. The van der Waals surface area contributed by atoms with Gasteiger partial charge in [0.15, 0.2) is 0 Å². The molecule has 0 fully saturated rings. The Morgan fingerprint density at radius 3 is 2.30 bits per heavy atom. The van der Waals surface area contributed by atoms with Gasteiger partial charge in [0.05, 0.1) is 12.0 Å². The van der Waals surface area contributed by atoms with Crippen molar-refractivity contribution >= 4 is 27.6 Å². The van der Waals surface area contributed by atoms with Gasteiger partial charge in [-0.1, -0.05) is 54.1 Å². The normalized spacial score (nSPS) is 11.9. The Morgan fingerprint density at radius 2 is 1.64 bits per heavy atom. The summed E-state index contributed by atoms with van der Waals surface area (Å²) in [6.07, 6.45) is -1.28. The van der Waals surface area contributed by atoms with E-state index in [9.17, 15) is 18.0 Å². The Hall–Kier alpha value is -3.69. The molecule has 2 N–H and O–H groups in total. The second kappa shape index (κ2) is 10.8. The van der Waals surface area contributed by atoms with Crippen molar-refractivity contribution in [1.29, 1.82) is 0 Å². The lowest BCUT2D eigenvalue weighted by atomic mass is 10.1. The fraction of sp³-hybridized carbons (Fsp3) is 0.167. The summed E-state index contributed by atoms with van der Waals surface area (Å²) in [6.45, 7) is 1.20. The molecular weight excluding hydrogens is 444 g/mol. The van der Waals surface area contributed by atoms with E-state index in [2.05, 4.69) is 10.0 Å². The molecule has 9 heteroatoms. The predicted octanol–water partition coefficient (Wildman–Crippen LogP) is 3.21. The van der Waals surface area contributed by atoms with Crippen LogP contribution in [-0.2, 0) is 24.3 Å². The van der Waals surface area contributed by atoms with E-state index in [4.69, 9.17) is 9.47 Å². The van der Waals surface area contributed by atoms with Gasteiger partial charge in [0.25, 0.3) is 5.91 Å². The number of sulfonamides is 1. The van der Waals surface area contributed by atoms with Crippen LogP contribution in [0.25, 0.3) is 0 Å². The number of nitrogens with one attached hydrogen (secondary N) is 2. The summed E-state index contributed by atoms with van der Waals surface area (Å²) in [5, 5.41) is 2.69. The van der Waals surface area contributed by atoms with Crippen molar-refractivity contribution in [3.05, 3.63) is 90.0 Å². The minimum atomic E-state index is -3.91. The molecule has 1 amide bonds. The zero-order valence-corrected chi connectivity index (χ0v) is 19.0. The van der Waals surface area contributed by atoms with Crippen LogP contribution in [-0.4, -0.2) is 33.9 Å². The van der Waals surface area contributed by atoms with E-state index in [1.807, 2.05) is 6.92 Å². The fourth-order valence-corrected chi connectivity index (χ4v) is 3.91. The van der Waals surface area contributed by atoms with Gasteiger partial charge in [0, 0.05) is 17.3 Å². The number of anilines is 1. The van der Waals surface area contributed by atoms with Crippen molar-refractivity contribution in [2.24, 2.45) is 0 Å². The molecule has 0 aliphatic carbocycles. The van der Waals surface area contributed by atoms with E-state index in [0.717, 1.165) is 5.56 Å². The molecule has 0 aliphatic rings. The maximum absolute atomic E-state index is 12.9. The summed E-state index contributed by atoms with van der Waals surface area (Å²) in [5.74, 6) is -0.948. The van der Waals surface area contributed by atoms with E-state index >= 15 is 0 Å². The number of aryl methyl sites for hydroxylation is 1. The van der Waals surface area contributed by atoms with Gasteiger partial charge in [-0.2, -0.15) is 4.72 Å². The highest BCUT2D eigenvalue weighted by Gasteiger charge is 2.26. The molecule has 33 heavy (non-hydrogen) atoms. The first-order valence-electron chi connectivity index (χ1n) is 10.0. The smallest absolute Gasteiger partial charge is 0.322 e. The van der Waals surface area contributed by atoms with Gasteiger partial charge in [0.2, 0.25) is 16.1 Å². The molecule has 3 rings (SSSR count). The minimum Gasteiger partial charge on any atom is -0.497 e. The van der Waals surface area contributed by atoms with Crippen LogP contribution < -0.4 is 14.8 Å². The van der Waals surface area contributed by atoms with E-state index in [-0.39, 0.29) is 4.90 Å². The molecule has 172 valence electrons. The zero-order chi connectivity index (χ0) is 23.8. The number of amides is 1. The summed E-state index contributed by atoms with van der Waals surface area (Å²) in [5.41, 5.74) is 1.80. The molecular formula is C24H24N2O6S. The average Bonchev–Trinajstić information content (AvgIpc) is 2.82. The van der Waals surface area contributed by atoms with Crippen LogP contribution in [0.5, 0.6) is 5.75 Å². The topological polar surface area (TPSA) is 111 Å². The number of hydrogen-bond acceptors (Lipinski definition) is 6. The monoisotopic (exact) mass is 468 g/mol. The molecule has 3 aromatic carbocycles. The fourth-order valence-electron chi connectivity index (χ4n) is 2.94. The highest BCUT2D eigenvalue weighted by Crippen LogP contribution is 2.22. The third-order valence-corrected chi connectivity index (χ3v) is 6.08. The third-order valence-electron chi connectivity index (χ3n) is 4.66. The molecule has 0 bridgehead atoms. The lowest BCUT2D eigenvalue weighted by Gasteiger charge is -2.18. The average molecular weight is 469 g/mol. The Bertz CT molecular complexity index is 1210. The molecule has 0 aliphatic heterocycles. The molecule has 0 saturated heterocycles. The number of hydrogen-bond donors (Lipinski definition) is 2. The SMILES string of the molecule is COc1cccc(NC(=O)C(OC(=O)CNS(=O)(=O)c2ccc(C)cc2)c2ccccc2)c1. The van der Waals surface area contributed by atoms with Crippen LogP contribution >= 0.6 is 0 Å². The quantitative estimate of drug-likeness (QED) is 0.467. The van der Waals surface area contributed by atoms with E-state index < -0.39 is 34.5 Å². The van der Waals surface area contributed by atoms with Crippen LogP contribution in [0.1, 0.15) is 17.2 Å². The van der Waals surface area contributed by atoms with Crippen LogP contribution in [0, 0.1) is 6.92 Å². The van der Waals surface area contributed by atoms with E-state index in [1.54, 1.807) is 66.7 Å². The second-order valence-electron chi connectivity index (χ2n) is 7.14. The van der Waals surface area contributed by atoms with Crippen LogP contribution in [0.4, 0.5) is 5.69 Å². The molecule has 0 spiro atoms. The van der Waals surface area contributed by atoms with Crippen LogP contribution in [0.2, 0.25) is 0 Å². The van der Waals surface area contributed by atoms with Crippen molar-refractivity contribution in [2.45, 2.75) is 17.9 Å². The van der Waals surface area contributed by atoms with E-state index in [0.29, 0.717) is 17.0 Å². The minimum absolute atomic E-state index is 0.0243. The number of ether oxygens (including phenoxy) is 2. The number of carbonyl (C=O) groups excluding carboxylic acids is 2. The van der Waals surface area contributed by atoms with Gasteiger partial charge in [-0.25, -0.2) is 8.42 Å². The Labute approximate surface area is 192 Å². The van der Waals surface area contributed by atoms with Crippen molar-refractivity contribution in [3.63, 3.8) is 0 Å². The first-order valence-corrected chi connectivity index (χ1v) is 11.5. The van der Waals surface area contributed by atoms with Crippen molar-refractivity contribution in [2.75, 3.05) is 19.0 Å². The first kappa shape index (κ1) is 24.0. The third kappa shape index (κ3) is 6.64. The Kier molecular flexibility index (Phi) is 7.81. The number of methoxy groups -OCH3 is 1. The van der Waals surface area contributed by atoms with Crippen LogP contribution in [0.15, 0.2) is 83.8 Å². The summed E-state index contributed by atoms with van der Waals surface area (Å²) in [7, 11) is -2.41. The summed E-state index contributed by atoms with van der Waals surface area (Å²) in [6, 6.07) is 21.4. The lowest BCUT2D eigenvalue weighted by molar-refractivity contribution is -0.153. The first-order chi connectivity index (χ1) is 15.8. The summed E-state index contributed by atoms with van der Waals surface area (Å²) in [4.78, 5) is 25.4. The number of benzene rings is 3. The van der Waals surface area contributed by atoms with Crippen LogP contribution in [0.3, 0.4) is 0 Å². The second-order valence-corrected chi connectivity index (χ2v) is 8.91.